The topological polar surface area (TPSA) is 59.6 Å². The van der Waals surface area contributed by atoms with Gasteiger partial charge in [0.1, 0.15) is 11.9 Å². The summed E-state index contributed by atoms with van der Waals surface area (Å²) in [4.78, 5) is 12.0. The molecule has 2 aromatic carbocycles. The summed E-state index contributed by atoms with van der Waals surface area (Å²) in [6.07, 6.45) is -0.391. The summed E-state index contributed by atoms with van der Waals surface area (Å²) in [5.74, 6) is 0.777. The van der Waals surface area contributed by atoms with Gasteiger partial charge in [-0.3, -0.25) is 4.79 Å². The van der Waals surface area contributed by atoms with Gasteiger partial charge in [-0.25, -0.2) is 0 Å². The first-order valence-corrected chi connectivity index (χ1v) is 8.09. The van der Waals surface area contributed by atoms with Crippen LogP contribution in [0, 0.1) is 0 Å². The van der Waals surface area contributed by atoms with E-state index in [0.29, 0.717) is 19.7 Å². The Morgan fingerprint density at radius 1 is 1.16 bits per heavy atom. The second-order valence-electron chi connectivity index (χ2n) is 5.71. The van der Waals surface area contributed by atoms with Crippen molar-refractivity contribution in [3.63, 3.8) is 0 Å². The first-order chi connectivity index (χ1) is 11.8. The van der Waals surface area contributed by atoms with E-state index in [1.807, 2.05) is 36.4 Å². The fourth-order valence-electron chi connectivity index (χ4n) is 2.64. The third kappa shape index (κ3) is 5.19. The van der Waals surface area contributed by atoms with Crippen molar-refractivity contribution in [2.24, 2.45) is 0 Å². The summed E-state index contributed by atoms with van der Waals surface area (Å²) in [5, 5.41) is 6.08. The Hall–Kier alpha value is -2.08. The maximum absolute atomic E-state index is 12.0. The minimum atomic E-state index is -0.391. The van der Waals surface area contributed by atoms with Crippen molar-refractivity contribution in [1.29, 1.82) is 0 Å². The largest absolute Gasteiger partial charge is 0.497 e. The summed E-state index contributed by atoms with van der Waals surface area (Å²) in [6, 6.07) is 16.1. The summed E-state index contributed by atoms with van der Waals surface area (Å²) < 4.78 is 10.6. The Kier molecular flexibility index (Phi) is 7.25. The number of hydrogen-bond donors (Lipinski definition) is 2. The van der Waals surface area contributed by atoms with Gasteiger partial charge in [0.2, 0.25) is 0 Å². The average Bonchev–Trinajstić information content (AvgIpc) is 2.67. The molecule has 134 valence electrons. The molecule has 3 rings (SSSR count). The molecule has 5 nitrogen and oxygen atoms in total. The number of morpholine rings is 1. The van der Waals surface area contributed by atoms with Crippen LogP contribution >= 0.6 is 12.4 Å². The average molecular weight is 363 g/mol. The van der Waals surface area contributed by atoms with E-state index in [4.69, 9.17) is 9.47 Å². The lowest BCUT2D eigenvalue weighted by molar-refractivity contribution is -0.134. The zero-order valence-corrected chi connectivity index (χ0v) is 15.0. The molecule has 0 aromatic heterocycles. The van der Waals surface area contributed by atoms with E-state index in [0.717, 1.165) is 29.0 Å². The van der Waals surface area contributed by atoms with Crippen LogP contribution in [-0.2, 0) is 16.1 Å². The first kappa shape index (κ1) is 19.2. The van der Waals surface area contributed by atoms with E-state index in [-0.39, 0.29) is 18.3 Å². The van der Waals surface area contributed by atoms with Crippen molar-refractivity contribution in [1.82, 2.24) is 10.6 Å². The van der Waals surface area contributed by atoms with Crippen LogP contribution in [0.2, 0.25) is 0 Å². The van der Waals surface area contributed by atoms with E-state index in [1.165, 1.54) is 0 Å². The molecule has 0 radical (unpaired) electrons. The number of ether oxygens (including phenoxy) is 2. The molecule has 1 saturated heterocycles. The summed E-state index contributed by atoms with van der Waals surface area (Å²) in [6.45, 7) is 2.45. The van der Waals surface area contributed by atoms with Crippen LogP contribution in [0.5, 0.6) is 5.75 Å². The molecule has 1 aliphatic rings. The predicted molar refractivity (Wildman–Crippen MR) is 100 cm³/mol. The number of carbonyl (C=O) groups excluding carboxylic acids is 1. The Labute approximate surface area is 154 Å². The number of amides is 1. The maximum atomic E-state index is 12.0. The number of rotatable bonds is 5. The molecule has 1 fully saturated rings. The Bertz CT molecular complexity index is 668. The molecule has 6 heteroatoms. The van der Waals surface area contributed by atoms with Crippen LogP contribution < -0.4 is 15.4 Å². The van der Waals surface area contributed by atoms with Gasteiger partial charge in [0.25, 0.3) is 5.91 Å². The minimum absolute atomic E-state index is 0. The van der Waals surface area contributed by atoms with Gasteiger partial charge in [-0.05, 0) is 28.8 Å². The first-order valence-electron chi connectivity index (χ1n) is 8.09. The van der Waals surface area contributed by atoms with Crippen LogP contribution in [0.15, 0.2) is 48.5 Å². The van der Waals surface area contributed by atoms with E-state index in [9.17, 15) is 4.79 Å². The molecule has 25 heavy (non-hydrogen) atoms. The van der Waals surface area contributed by atoms with Crippen LogP contribution in [-0.4, -0.2) is 38.8 Å². The molecule has 2 aromatic rings. The molecule has 1 unspecified atom stereocenters. The summed E-state index contributed by atoms with van der Waals surface area (Å²) in [5.41, 5.74) is 3.32. The van der Waals surface area contributed by atoms with Crippen LogP contribution in [0.4, 0.5) is 0 Å². The second-order valence-corrected chi connectivity index (χ2v) is 5.71. The smallest absolute Gasteiger partial charge is 0.250 e. The molecule has 1 aliphatic heterocycles. The molecule has 2 N–H and O–H groups in total. The van der Waals surface area contributed by atoms with Gasteiger partial charge in [0.15, 0.2) is 0 Å². The van der Waals surface area contributed by atoms with Crippen molar-refractivity contribution in [3.8, 4) is 16.9 Å². The minimum Gasteiger partial charge on any atom is -0.497 e. The van der Waals surface area contributed by atoms with Gasteiger partial charge >= 0.3 is 0 Å². The van der Waals surface area contributed by atoms with Gasteiger partial charge in [-0.1, -0.05) is 36.4 Å². The van der Waals surface area contributed by atoms with Gasteiger partial charge in [-0.2, -0.15) is 0 Å². The number of halogens is 1. The quantitative estimate of drug-likeness (QED) is 0.857. The molecule has 0 aliphatic carbocycles. The van der Waals surface area contributed by atoms with Crippen LogP contribution in [0.1, 0.15) is 5.56 Å². The van der Waals surface area contributed by atoms with Gasteiger partial charge in [0, 0.05) is 19.6 Å². The molecule has 1 heterocycles. The number of carbonyl (C=O) groups is 1. The zero-order valence-electron chi connectivity index (χ0n) is 14.2. The second kappa shape index (κ2) is 9.42. The number of benzene rings is 2. The highest BCUT2D eigenvalue weighted by Gasteiger charge is 2.21. The lowest BCUT2D eigenvalue weighted by Gasteiger charge is -2.22. The normalized spacial score (nSPS) is 16.6. The Morgan fingerprint density at radius 3 is 2.36 bits per heavy atom. The van der Waals surface area contributed by atoms with Gasteiger partial charge in [0.05, 0.1) is 13.7 Å². The highest BCUT2D eigenvalue weighted by Crippen LogP contribution is 2.22. The van der Waals surface area contributed by atoms with Crippen molar-refractivity contribution in [3.05, 3.63) is 54.1 Å². The molecule has 1 amide bonds. The van der Waals surface area contributed by atoms with Crippen molar-refractivity contribution < 1.29 is 14.3 Å². The SMILES string of the molecule is COc1ccc(-c2ccc(CNC(=O)C3CNCCO3)cc2)cc1.Cl. The third-order valence-electron chi connectivity index (χ3n) is 4.06. The lowest BCUT2D eigenvalue weighted by atomic mass is 10.0. The van der Waals surface area contributed by atoms with Crippen molar-refractivity contribution in [2.75, 3.05) is 26.8 Å². The maximum Gasteiger partial charge on any atom is 0.250 e. The molecular weight excluding hydrogens is 340 g/mol. The van der Waals surface area contributed by atoms with E-state index >= 15 is 0 Å². The highest BCUT2D eigenvalue weighted by molar-refractivity contribution is 5.85. The molecular formula is C19H23ClN2O3. The van der Waals surface area contributed by atoms with Crippen molar-refractivity contribution in [2.45, 2.75) is 12.6 Å². The summed E-state index contributed by atoms with van der Waals surface area (Å²) in [7, 11) is 1.66. The van der Waals surface area contributed by atoms with Gasteiger partial charge < -0.3 is 20.1 Å². The predicted octanol–water partition coefficient (Wildman–Crippen LogP) is 2.39. The number of nitrogens with one attached hydrogen (secondary N) is 2. The van der Waals surface area contributed by atoms with E-state index < -0.39 is 6.10 Å². The third-order valence-corrected chi connectivity index (χ3v) is 4.06. The zero-order chi connectivity index (χ0) is 16.8. The van der Waals surface area contributed by atoms with Crippen LogP contribution in [0.3, 0.4) is 0 Å². The van der Waals surface area contributed by atoms with Crippen molar-refractivity contribution >= 4 is 18.3 Å². The van der Waals surface area contributed by atoms with E-state index in [2.05, 4.69) is 22.8 Å². The molecule has 0 spiro atoms. The number of hydrogen-bond acceptors (Lipinski definition) is 4. The molecule has 1 atom stereocenters. The van der Waals surface area contributed by atoms with Crippen LogP contribution in [0.25, 0.3) is 11.1 Å². The fraction of sp³-hybridized carbons (Fsp3) is 0.316. The Morgan fingerprint density at radius 2 is 1.80 bits per heavy atom. The van der Waals surface area contributed by atoms with Gasteiger partial charge in [-0.15, -0.1) is 12.4 Å². The lowest BCUT2D eigenvalue weighted by Crippen LogP contribution is -2.47. The Balaban J connectivity index is 0.00000225. The molecule has 0 bridgehead atoms. The molecule has 0 saturated carbocycles. The highest BCUT2D eigenvalue weighted by atomic mass is 35.5. The summed E-state index contributed by atoms with van der Waals surface area (Å²) >= 11 is 0. The standard InChI is InChI=1S/C19H22N2O3.ClH/c1-23-17-8-6-16(7-9-17)15-4-2-14(3-5-15)12-21-19(22)18-13-20-10-11-24-18;/h2-9,18,20H,10-13H2,1H3,(H,21,22);1H. The number of methoxy groups -OCH3 is 1. The monoisotopic (exact) mass is 362 g/mol. The van der Waals surface area contributed by atoms with E-state index in [1.54, 1.807) is 7.11 Å². The fourth-order valence-corrected chi connectivity index (χ4v) is 2.64.